The first-order valence-electron chi connectivity index (χ1n) is 3.84. The lowest BCUT2D eigenvalue weighted by Crippen LogP contribution is -2.31. The first-order valence-corrected chi connectivity index (χ1v) is 4.22. The molecule has 62 valence electrons. The molecule has 1 amide bonds. The van der Waals surface area contributed by atoms with E-state index in [1.165, 1.54) is 0 Å². The van der Waals surface area contributed by atoms with Crippen molar-refractivity contribution in [2.45, 2.75) is 6.42 Å². The summed E-state index contributed by atoms with van der Waals surface area (Å²) in [7, 11) is 0. The molecule has 1 aromatic rings. The number of benzene rings is 1. The van der Waals surface area contributed by atoms with Gasteiger partial charge in [0.2, 0.25) is 0 Å². The van der Waals surface area contributed by atoms with Gasteiger partial charge in [-0.3, -0.25) is 4.79 Å². The van der Waals surface area contributed by atoms with Crippen molar-refractivity contribution in [1.29, 1.82) is 0 Å². The molecule has 0 atom stereocenters. The van der Waals surface area contributed by atoms with E-state index >= 15 is 0 Å². The number of carbonyl (C=O) groups is 1. The molecule has 3 heteroatoms. The van der Waals surface area contributed by atoms with Gasteiger partial charge in [0.15, 0.2) is 0 Å². The van der Waals surface area contributed by atoms with Crippen LogP contribution < -0.4 is 5.32 Å². The van der Waals surface area contributed by atoms with Crippen LogP contribution in [0.1, 0.15) is 15.9 Å². The zero-order chi connectivity index (χ0) is 8.55. The number of fused-ring (bicyclic) bond motifs is 1. The Bertz CT molecular complexity index is 335. The lowest BCUT2D eigenvalue weighted by atomic mass is 10.0. The van der Waals surface area contributed by atoms with Crippen molar-refractivity contribution in [2.75, 3.05) is 6.54 Å². The van der Waals surface area contributed by atoms with Crippen molar-refractivity contribution < 1.29 is 4.79 Å². The lowest BCUT2D eigenvalue weighted by Gasteiger charge is -2.16. The van der Waals surface area contributed by atoms with Crippen LogP contribution in [-0.2, 0) is 6.42 Å². The molecule has 0 aromatic heterocycles. The Hall–Kier alpha value is -1.02. The van der Waals surface area contributed by atoms with Gasteiger partial charge in [0.25, 0.3) is 5.91 Å². The fourth-order valence-electron chi connectivity index (χ4n) is 1.42. The quantitative estimate of drug-likeness (QED) is 0.648. The second-order valence-corrected chi connectivity index (χ2v) is 3.18. The van der Waals surface area contributed by atoms with E-state index in [4.69, 9.17) is 11.6 Å². The van der Waals surface area contributed by atoms with E-state index in [0.717, 1.165) is 12.0 Å². The van der Waals surface area contributed by atoms with Crippen LogP contribution in [0.25, 0.3) is 0 Å². The number of amides is 1. The van der Waals surface area contributed by atoms with Crippen molar-refractivity contribution >= 4 is 17.5 Å². The summed E-state index contributed by atoms with van der Waals surface area (Å²) in [6.07, 6.45) is 0.834. The highest BCUT2D eigenvalue weighted by atomic mass is 35.5. The molecule has 0 saturated heterocycles. The minimum absolute atomic E-state index is 0.0150. The Morgan fingerprint density at radius 3 is 3.00 bits per heavy atom. The summed E-state index contributed by atoms with van der Waals surface area (Å²) in [5, 5.41) is 3.46. The Labute approximate surface area is 75.5 Å². The molecule has 1 aromatic carbocycles. The van der Waals surface area contributed by atoms with Gasteiger partial charge >= 0.3 is 0 Å². The molecule has 1 aliphatic heterocycles. The first-order chi connectivity index (χ1) is 5.79. The van der Waals surface area contributed by atoms with Gasteiger partial charge in [-0.15, -0.1) is 0 Å². The van der Waals surface area contributed by atoms with E-state index in [1.54, 1.807) is 12.1 Å². The third-order valence-corrected chi connectivity index (χ3v) is 2.38. The van der Waals surface area contributed by atoms with Gasteiger partial charge in [-0.1, -0.05) is 17.7 Å². The summed E-state index contributed by atoms with van der Waals surface area (Å²) in [4.78, 5) is 11.3. The second-order valence-electron chi connectivity index (χ2n) is 2.77. The maximum atomic E-state index is 11.3. The Kier molecular flexibility index (Phi) is 1.77. The summed E-state index contributed by atoms with van der Waals surface area (Å²) in [5.74, 6) is -0.0150. The molecule has 0 radical (unpaired) electrons. The average Bonchev–Trinajstić information content (AvgIpc) is 2.07. The molecule has 0 bridgehead atoms. The predicted octanol–water partition coefficient (Wildman–Crippen LogP) is 1.63. The summed E-state index contributed by atoms with van der Waals surface area (Å²) in [5.41, 5.74) is 1.69. The van der Waals surface area contributed by atoms with E-state index < -0.39 is 0 Å². The molecular weight excluding hydrogens is 174 g/mol. The van der Waals surface area contributed by atoms with E-state index in [-0.39, 0.29) is 5.91 Å². The minimum atomic E-state index is -0.0150. The van der Waals surface area contributed by atoms with Crippen LogP contribution in [0.3, 0.4) is 0 Å². The fourth-order valence-corrected chi connectivity index (χ4v) is 1.69. The van der Waals surface area contributed by atoms with Crippen molar-refractivity contribution in [3.05, 3.63) is 34.3 Å². The van der Waals surface area contributed by atoms with Crippen molar-refractivity contribution in [2.24, 2.45) is 0 Å². The maximum Gasteiger partial charge on any atom is 0.251 e. The smallest absolute Gasteiger partial charge is 0.251 e. The third-order valence-electron chi connectivity index (χ3n) is 2.02. The van der Waals surface area contributed by atoms with Gasteiger partial charge in [0, 0.05) is 17.1 Å². The van der Waals surface area contributed by atoms with E-state index in [9.17, 15) is 4.79 Å². The highest BCUT2D eigenvalue weighted by Crippen LogP contribution is 2.22. The van der Waals surface area contributed by atoms with Crippen LogP contribution in [0, 0.1) is 0 Å². The predicted molar refractivity (Wildman–Crippen MR) is 47.5 cm³/mol. The first kappa shape index (κ1) is 7.62. The Morgan fingerprint density at radius 2 is 2.25 bits per heavy atom. The number of hydrogen-bond acceptors (Lipinski definition) is 1. The van der Waals surface area contributed by atoms with Gasteiger partial charge in [0.05, 0.1) is 0 Å². The number of nitrogens with one attached hydrogen (secondary N) is 1. The van der Waals surface area contributed by atoms with Gasteiger partial charge < -0.3 is 5.32 Å². The summed E-state index contributed by atoms with van der Waals surface area (Å²) >= 11 is 5.93. The SMILES string of the molecule is O=C1NCCc2c(Cl)cccc21. The molecule has 0 fully saturated rings. The van der Waals surface area contributed by atoms with Crippen molar-refractivity contribution in [1.82, 2.24) is 5.32 Å². The molecule has 0 spiro atoms. The monoisotopic (exact) mass is 181 g/mol. The zero-order valence-electron chi connectivity index (χ0n) is 6.43. The zero-order valence-corrected chi connectivity index (χ0v) is 7.19. The molecular formula is C9H8ClNO. The van der Waals surface area contributed by atoms with E-state index in [2.05, 4.69) is 5.32 Å². The number of halogens is 1. The Balaban J connectivity index is 2.59. The average molecular weight is 182 g/mol. The number of hydrogen-bond donors (Lipinski definition) is 1. The standard InChI is InChI=1S/C9H8ClNO/c10-8-3-1-2-7-6(8)4-5-11-9(7)12/h1-3H,4-5H2,(H,11,12). The summed E-state index contributed by atoms with van der Waals surface area (Å²) < 4.78 is 0. The third kappa shape index (κ3) is 1.08. The molecule has 1 aliphatic rings. The number of rotatable bonds is 0. The molecule has 0 unspecified atom stereocenters. The highest BCUT2D eigenvalue weighted by molar-refractivity contribution is 6.32. The molecule has 12 heavy (non-hydrogen) atoms. The van der Waals surface area contributed by atoms with Crippen molar-refractivity contribution in [3.8, 4) is 0 Å². The Morgan fingerprint density at radius 1 is 1.42 bits per heavy atom. The molecule has 2 nitrogen and oxygen atoms in total. The molecule has 0 saturated carbocycles. The largest absolute Gasteiger partial charge is 0.352 e. The summed E-state index contributed by atoms with van der Waals surface area (Å²) in [6.45, 7) is 0.690. The summed E-state index contributed by atoms with van der Waals surface area (Å²) in [6, 6.07) is 5.42. The molecule has 0 aliphatic carbocycles. The van der Waals surface area contributed by atoms with Gasteiger partial charge in [-0.2, -0.15) is 0 Å². The van der Waals surface area contributed by atoms with Crippen LogP contribution in [0.15, 0.2) is 18.2 Å². The molecule has 2 rings (SSSR count). The number of carbonyl (C=O) groups excluding carboxylic acids is 1. The topological polar surface area (TPSA) is 29.1 Å². The maximum absolute atomic E-state index is 11.3. The molecule has 1 heterocycles. The normalized spacial score (nSPS) is 15.2. The van der Waals surface area contributed by atoms with Crippen LogP contribution in [0.2, 0.25) is 5.02 Å². The second kappa shape index (κ2) is 2.79. The van der Waals surface area contributed by atoms with E-state index in [0.29, 0.717) is 17.1 Å². The van der Waals surface area contributed by atoms with Crippen molar-refractivity contribution in [3.63, 3.8) is 0 Å². The fraction of sp³-hybridized carbons (Fsp3) is 0.222. The van der Waals surface area contributed by atoms with Crippen LogP contribution in [0.4, 0.5) is 0 Å². The minimum Gasteiger partial charge on any atom is -0.352 e. The lowest BCUT2D eigenvalue weighted by molar-refractivity contribution is 0.0946. The van der Waals surface area contributed by atoms with Gasteiger partial charge in [-0.05, 0) is 24.1 Å². The molecule has 1 N–H and O–H groups in total. The highest BCUT2D eigenvalue weighted by Gasteiger charge is 2.17. The van der Waals surface area contributed by atoms with Gasteiger partial charge in [0.1, 0.15) is 0 Å². The van der Waals surface area contributed by atoms with Crippen LogP contribution >= 0.6 is 11.6 Å². The van der Waals surface area contributed by atoms with Gasteiger partial charge in [-0.25, -0.2) is 0 Å². The van der Waals surface area contributed by atoms with Crippen LogP contribution in [-0.4, -0.2) is 12.5 Å². The van der Waals surface area contributed by atoms with E-state index in [1.807, 2.05) is 6.07 Å². The van der Waals surface area contributed by atoms with Crippen LogP contribution in [0.5, 0.6) is 0 Å².